The number of nitrogens with zero attached hydrogens (tertiary/aromatic N) is 2. The molecule has 1 aromatic heterocycles. The quantitative estimate of drug-likeness (QED) is 0.835. The predicted octanol–water partition coefficient (Wildman–Crippen LogP) is 1.53. The van der Waals surface area contributed by atoms with Crippen LogP contribution in [0.5, 0.6) is 0 Å². The molecule has 4 rings (SSSR count). The van der Waals surface area contributed by atoms with E-state index in [-0.39, 0.29) is 5.54 Å². The molecule has 3 aliphatic carbocycles. The van der Waals surface area contributed by atoms with Crippen molar-refractivity contribution in [1.82, 2.24) is 4.98 Å². The highest BCUT2D eigenvalue weighted by Crippen LogP contribution is 2.69. The highest BCUT2D eigenvalue weighted by Gasteiger charge is 2.73. The molecule has 3 saturated carbocycles. The molecule has 4 heteroatoms. The first kappa shape index (κ1) is 9.63. The zero-order valence-corrected chi connectivity index (χ0v) is 9.18. The van der Waals surface area contributed by atoms with E-state index in [0.29, 0.717) is 0 Å². The van der Waals surface area contributed by atoms with Gasteiger partial charge >= 0.3 is 5.97 Å². The van der Waals surface area contributed by atoms with Crippen LogP contribution in [0.4, 0.5) is 5.82 Å². The average molecular weight is 218 g/mol. The van der Waals surface area contributed by atoms with Crippen molar-refractivity contribution in [2.24, 2.45) is 5.41 Å². The molecule has 3 aliphatic rings. The van der Waals surface area contributed by atoms with Gasteiger partial charge in [-0.2, -0.15) is 0 Å². The molecule has 2 bridgehead atoms. The van der Waals surface area contributed by atoms with Gasteiger partial charge in [-0.25, -0.2) is 4.98 Å². The van der Waals surface area contributed by atoms with Gasteiger partial charge in [0.2, 0.25) is 0 Å². The highest BCUT2D eigenvalue weighted by atomic mass is 16.4. The Balaban J connectivity index is 1.77. The Bertz CT molecular complexity index is 424. The average Bonchev–Trinajstić information content (AvgIpc) is 2.14. The maximum atomic E-state index is 11.0. The molecule has 1 aromatic rings. The molecule has 0 amide bonds. The van der Waals surface area contributed by atoms with Crippen molar-refractivity contribution < 1.29 is 9.90 Å². The van der Waals surface area contributed by atoms with Crippen molar-refractivity contribution in [2.75, 3.05) is 11.9 Å². The van der Waals surface area contributed by atoms with Crippen LogP contribution in [0.25, 0.3) is 0 Å². The predicted molar refractivity (Wildman–Crippen MR) is 59.3 cm³/mol. The number of carboxylic acid groups (broad SMARTS) is 1. The number of hydrogen-bond donors (Lipinski definition) is 1. The van der Waals surface area contributed by atoms with Gasteiger partial charge < -0.3 is 10.0 Å². The summed E-state index contributed by atoms with van der Waals surface area (Å²) >= 11 is 0. The van der Waals surface area contributed by atoms with Crippen LogP contribution in [0.3, 0.4) is 0 Å². The van der Waals surface area contributed by atoms with Gasteiger partial charge in [0.25, 0.3) is 0 Å². The van der Waals surface area contributed by atoms with Crippen LogP contribution in [0.1, 0.15) is 19.3 Å². The number of rotatable bonds is 3. The second-order valence-corrected chi connectivity index (χ2v) is 5.09. The van der Waals surface area contributed by atoms with Gasteiger partial charge in [0, 0.05) is 18.8 Å². The molecule has 0 spiro atoms. The Hall–Kier alpha value is -1.58. The van der Waals surface area contributed by atoms with Crippen LogP contribution in [0.2, 0.25) is 0 Å². The number of hydrogen-bond acceptors (Lipinski definition) is 3. The Morgan fingerprint density at radius 2 is 2.12 bits per heavy atom. The lowest BCUT2D eigenvalue weighted by molar-refractivity contribution is -0.191. The number of aliphatic carboxylic acids is 1. The van der Waals surface area contributed by atoms with Crippen LogP contribution < -0.4 is 4.90 Å². The molecule has 4 nitrogen and oxygen atoms in total. The van der Waals surface area contributed by atoms with E-state index in [1.807, 2.05) is 25.2 Å². The summed E-state index contributed by atoms with van der Waals surface area (Å²) in [5.41, 5.74) is -0.351. The van der Waals surface area contributed by atoms with Crippen LogP contribution in [-0.2, 0) is 4.79 Å². The van der Waals surface area contributed by atoms with E-state index in [0.717, 1.165) is 25.1 Å². The van der Waals surface area contributed by atoms with Crippen molar-refractivity contribution >= 4 is 11.8 Å². The van der Waals surface area contributed by atoms with Gasteiger partial charge in [0.15, 0.2) is 0 Å². The Morgan fingerprint density at radius 1 is 1.44 bits per heavy atom. The molecule has 1 heterocycles. The van der Waals surface area contributed by atoms with Crippen molar-refractivity contribution in [3.05, 3.63) is 24.4 Å². The summed E-state index contributed by atoms with van der Waals surface area (Å²) < 4.78 is 0. The molecular formula is C12H14N2O2. The van der Waals surface area contributed by atoms with Crippen LogP contribution in [0, 0.1) is 5.41 Å². The number of anilines is 1. The second-order valence-electron chi connectivity index (χ2n) is 5.09. The van der Waals surface area contributed by atoms with Crippen molar-refractivity contribution in [2.45, 2.75) is 24.8 Å². The standard InChI is InChI=1S/C12H14N2O2/c1-14(9-4-2-3-5-13-9)12-6-11(7-12,8-12)10(15)16/h2-5H,6-8H2,1H3,(H,15,16). The van der Waals surface area contributed by atoms with E-state index in [9.17, 15) is 4.79 Å². The molecule has 0 radical (unpaired) electrons. The first-order valence-corrected chi connectivity index (χ1v) is 5.46. The fraction of sp³-hybridized carbons (Fsp3) is 0.500. The monoisotopic (exact) mass is 218 g/mol. The molecule has 1 N–H and O–H groups in total. The van der Waals surface area contributed by atoms with Crippen LogP contribution >= 0.6 is 0 Å². The van der Waals surface area contributed by atoms with Crippen LogP contribution in [-0.4, -0.2) is 28.6 Å². The minimum atomic E-state index is -0.635. The van der Waals surface area contributed by atoms with Gasteiger partial charge in [-0.15, -0.1) is 0 Å². The van der Waals surface area contributed by atoms with E-state index in [1.165, 1.54) is 0 Å². The third kappa shape index (κ3) is 0.991. The minimum absolute atomic E-state index is 0.0622. The summed E-state index contributed by atoms with van der Waals surface area (Å²) in [5, 5.41) is 9.06. The minimum Gasteiger partial charge on any atom is -0.481 e. The largest absolute Gasteiger partial charge is 0.481 e. The van der Waals surface area contributed by atoms with Crippen molar-refractivity contribution in [3.63, 3.8) is 0 Å². The number of aromatic nitrogens is 1. The zero-order chi connectivity index (χ0) is 11.4. The molecule has 0 unspecified atom stereocenters. The number of carbonyl (C=O) groups is 1. The lowest BCUT2D eigenvalue weighted by Gasteiger charge is -2.71. The number of pyridine rings is 1. The molecule has 0 atom stereocenters. The topological polar surface area (TPSA) is 53.4 Å². The molecule has 0 aliphatic heterocycles. The lowest BCUT2D eigenvalue weighted by atomic mass is 9.39. The van der Waals surface area contributed by atoms with Gasteiger partial charge in [-0.1, -0.05) is 6.07 Å². The Morgan fingerprint density at radius 3 is 2.62 bits per heavy atom. The van der Waals surface area contributed by atoms with Crippen molar-refractivity contribution in [3.8, 4) is 0 Å². The van der Waals surface area contributed by atoms with Gasteiger partial charge in [0.05, 0.1) is 5.41 Å². The Kier molecular flexibility index (Phi) is 1.66. The highest BCUT2D eigenvalue weighted by molar-refractivity contribution is 5.81. The van der Waals surface area contributed by atoms with E-state index in [1.54, 1.807) is 6.20 Å². The normalized spacial score (nSPS) is 34.8. The van der Waals surface area contributed by atoms with Gasteiger partial charge in [-0.05, 0) is 31.4 Å². The fourth-order valence-electron chi connectivity index (χ4n) is 3.11. The molecular weight excluding hydrogens is 204 g/mol. The third-order valence-electron chi connectivity index (χ3n) is 4.16. The zero-order valence-electron chi connectivity index (χ0n) is 9.18. The van der Waals surface area contributed by atoms with Gasteiger partial charge in [-0.3, -0.25) is 4.79 Å². The third-order valence-corrected chi connectivity index (χ3v) is 4.16. The Labute approximate surface area is 93.9 Å². The SMILES string of the molecule is CN(c1ccccn1)C12CC(C(=O)O)(C1)C2. The smallest absolute Gasteiger partial charge is 0.309 e. The van der Waals surface area contributed by atoms with Gasteiger partial charge in [0.1, 0.15) is 5.82 Å². The summed E-state index contributed by atoms with van der Waals surface area (Å²) in [7, 11) is 2.01. The maximum absolute atomic E-state index is 11.0. The summed E-state index contributed by atoms with van der Waals surface area (Å²) in [6.45, 7) is 0. The van der Waals surface area contributed by atoms with E-state index >= 15 is 0 Å². The lowest BCUT2D eigenvalue weighted by Crippen LogP contribution is -2.76. The summed E-state index contributed by atoms with van der Waals surface area (Å²) in [6.07, 6.45) is 4.07. The van der Waals surface area contributed by atoms with E-state index < -0.39 is 11.4 Å². The van der Waals surface area contributed by atoms with E-state index in [4.69, 9.17) is 5.11 Å². The first-order chi connectivity index (χ1) is 7.58. The molecule has 16 heavy (non-hydrogen) atoms. The summed E-state index contributed by atoms with van der Waals surface area (Å²) in [5.74, 6) is 0.296. The summed E-state index contributed by atoms with van der Waals surface area (Å²) in [4.78, 5) is 17.4. The fourth-order valence-corrected chi connectivity index (χ4v) is 3.11. The van der Waals surface area contributed by atoms with Crippen molar-refractivity contribution in [1.29, 1.82) is 0 Å². The molecule has 3 fully saturated rings. The molecule has 0 saturated heterocycles. The van der Waals surface area contributed by atoms with Crippen LogP contribution in [0.15, 0.2) is 24.4 Å². The first-order valence-electron chi connectivity index (χ1n) is 5.46. The number of carboxylic acids is 1. The van der Waals surface area contributed by atoms with E-state index in [2.05, 4.69) is 9.88 Å². The molecule has 84 valence electrons. The summed E-state index contributed by atoms with van der Waals surface area (Å²) in [6, 6.07) is 5.81. The molecule has 0 aromatic carbocycles. The maximum Gasteiger partial charge on any atom is 0.309 e. The second kappa shape index (κ2) is 2.75.